The summed E-state index contributed by atoms with van der Waals surface area (Å²) in [5.41, 5.74) is -1.14. The van der Waals surface area contributed by atoms with Crippen LogP contribution in [0.3, 0.4) is 0 Å². The fraction of sp³-hybridized carbons (Fsp3) is 0.150. The molecule has 142 valence electrons. The van der Waals surface area contributed by atoms with Gasteiger partial charge in [-0.1, -0.05) is 36.3 Å². The minimum atomic E-state index is -4.71. The Morgan fingerprint density at radius 2 is 2.00 bits per heavy atom. The van der Waals surface area contributed by atoms with Gasteiger partial charge in [0.05, 0.1) is 16.8 Å². The van der Waals surface area contributed by atoms with E-state index in [0.717, 1.165) is 4.52 Å². The minimum absolute atomic E-state index is 0.0793. The van der Waals surface area contributed by atoms with Gasteiger partial charge >= 0.3 is 6.18 Å². The summed E-state index contributed by atoms with van der Waals surface area (Å²) in [5.74, 6) is 2.30. The number of nitrogens with one attached hydrogen (secondary N) is 1. The lowest BCUT2D eigenvalue weighted by Gasteiger charge is -2.07. The van der Waals surface area contributed by atoms with Gasteiger partial charge in [-0.05, 0) is 18.6 Å². The first-order chi connectivity index (χ1) is 13.3. The molecular weight excluding hydrogens is 369 g/mol. The van der Waals surface area contributed by atoms with E-state index in [2.05, 4.69) is 21.0 Å². The van der Waals surface area contributed by atoms with Crippen molar-refractivity contribution >= 4 is 17.4 Å². The fourth-order valence-corrected chi connectivity index (χ4v) is 3.00. The Kier molecular flexibility index (Phi) is 4.92. The fourth-order valence-electron chi connectivity index (χ4n) is 3.00. The molecule has 0 unspecified atom stereocenters. The third-order valence-electron chi connectivity index (χ3n) is 4.10. The summed E-state index contributed by atoms with van der Waals surface area (Å²) in [6.07, 6.45) is 3.27. The summed E-state index contributed by atoms with van der Waals surface area (Å²) in [6.45, 7) is 1.54. The van der Waals surface area contributed by atoms with Crippen molar-refractivity contribution in [2.75, 3.05) is 7.05 Å². The number of aryl methyl sites for hydroxylation is 1. The first kappa shape index (κ1) is 19.2. The average Bonchev–Trinajstić information content (AvgIpc) is 3.03. The zero-order valence-electron chi connectivity index (χ0n) is 15.0. The molecule has 3 rings (SSSR count). The van der Waals surface area contributed by atoms with Gasteiger partial charge in [0.1, 0.15) is 5.69 Å². The number of terminal acetylenes is 1. The number of halogens is 3. The molecule has 0 aliphatic heterocycles. The molecule has 1 N–H and O–H groups in total. The molecule has 0 radical (unpaired) electrons. The number of H-pyrrole nitrogens is 1. The van der Waals surface area contributed by atoms with Crippen molar-refractivity contribution in [1.29, 1.82) is 0 Å². The number of benzene rings is 1. The van der Waals surface area contributed by atoms with Crippen molar-refractivity contribution in [2.24, 2.45) is 4.99 Å². The first-order valence-electron chi connectivity index (χ1n) is 8.16. The van der Waals surface area contributed by atoms with Crippen LogP contribution in [-0.2, 0) is 6.18 Å². The van der Waals surface area contributed by atoms with E-state index in [1.54, 1.807) is 25.1 Å². The van der Waals surface area contributed by atoms with Gasteiger partial charge in [0.15, 0.2) is 5.65 Å². The van der Waals surface area contributed by atoms with Crippen LogP contribution in [-0.4, -0.2) is 27.9 Å². The molecule has 3 aromatic rings. The maximum absolute atomic E-state index is 13.7. The predicted molar refractivity (Wildman–Crippen MR) is 102 cm³/mol. The van der Waals surface area contributed by atoms with E-state index >= 15 is 0 Å². The maximum atomic E-state index is 13.7. The number of aromatic amines is 1. The van der Waals surface area contributed by atoms with Crippen molar-refractivity contribution in [2.45, 2.75) is 13.1 Å². The number of allylic oxidation sites excluding steroid dienone is 2. The largest absolute Gasteiger partial charge is 0.433 e. The molecule has 0 saturated heterocycles. The van der Waals surface area contributed by atoms with Crippen LogP contribution in [0.2, 0.25) is 0 Å². The second kappa shape index (κ2) is 7.19. The Bertz CT molecular complexity index is 1190. The van der Waals surface area contributed by atoms with E-state index in [1.807, 2.05) is 0 Å². The topological polar surface area (TPSA) is 62.5 Å². The molecule has 0 atom stereocenters. The first-order valence-corrected chi connectivity index (χ1v) is 8.16. The SMILES string of the molecule is C#C/C=C(\C=NC)c1c(C)nc2c(-c3ccccc3)c(C(F)(F)F)[nH]n2c1=O. The molecule has 0 spiro atoms. The average molecular weight is 384 g/mol. The van der Waals surface area contributed by atoms with E-state index in [-0.39, 0.29) is 22.5 Å². The number of hydrogen-bond acceptors (Lipinski definition) is 3. The van der Waals surface area contributed by atoms with Gasteiger partial charge in [0.2, 0.25) is 0 Å². The van der Waals surface area contributed by atoms with Gasteiger partial charge in [-0.25, -0.2) is 4.98 Å². The molecule has 0 fully saturated rings. The normalized spacial score (nSPS) is 12.6. The molecule has 5 nitrogen and oxygen atoms in total. The number of aromatic nitrogens is 3. The molecule has 8 heteroatoms. The van der Waals surface area contributed by atoms with Gasteiger partial charge in [0.25, 0.3) is 5.56 Å². The third-order valence-corrected chi connectivity index (χ3v) is 4.10. The Balaban J connectivity index is 2.46. The molecular formula is C20H15F3N4O. The number of aliphatic imine (C=N–C) groups is 1. The number of fused-ring (bicyclic) bond motifs is 1. The third kappa shape index (κ3) is 3.22. The van der Waals surface area contributed by atoms with Crippen LogP contribution in [0.5, 0.6) is 0 Å². The van der Waals surface area contributed by atoms with Crippen LogP contribution in [0.25, 0.3) is 22.3 Å². The lowest BCUT2D eigenvalue weighted by molar-refractivity contribution is -0.140. The number of rotatable bonds is 3. The molecule has 0 aliphatic rings. The van der Waals surface area contributed by atoms with Crippen LogP contribution < -0.4 is 5.56 Å². The summed E-state index contributed by atoms with van der Waals surface area (Å²) in [6, 6.07) is 7.98. The molecule has 2 aromatic heterocycles. The van der Waals surface area contributed by atoms with Gasteiger partial charge in [-0.15, -0.1) is 6.42 Å². The van der Waals surface area contributed by atoms with Crippen molar-refractivity contribution in [3.8, 4) is 23.5 Å². The molecule has 1 aromatic carbocycles. The molecule has 0 amide bonds. The van der Waals surface area contributed by atoms with E-state index in [1.165, 1.54) is 31.5 Å². The molecule has 28 heavy (non-hydrogen) atoms. The smallest absolute Gasteiger partial charge is 0.296 e. The van der Waals surface area contributed by atoms with Gasteiger partial charge < -0.3 is 0 Å². The van der Waals surface area contributed by atoms with Crippen LogP contribution in [0.4, 0.5) is 13.2 Å². The molecule has 0 aliphatic carbocycles. The van der Waals surface area contributed by atoms with E-state index in [9.17, 15) is 18.0 Å². The lowest BCUT2D eigenvalue weighted by Crippen LogP contribution is -2.22. The molecule has 0 saturated carbocycles. The van der Waals surface area contributed by atoms with Crippen LogP contribution in [0.1, 0.15) is 17.0 Å². The van der Waals surface area contributed by atoms with Crippen LogP contribution in [0.15, 0.2) is 46.2 Å². The summed E-state index contributed by atoms with van der Waals surface area (Å²) in [5, 5.41) is 2.17. The van der Waals surface area contributed by atoms with Gasteiger partial charge in [-0.2, -0.15) is 17.7 Å². The Labute approximate surface area is 158 Å². The zero-order valence-corrected chi connectivity index (χ0v) is 15.0. The van der Waals surface area contributed by atoms with Crippen molar-refractivity contribution in [1.82, 2.24) is 14.6 Å². The van der Waals surface area contributed by atoms with Gasteiger partial charge in [0, 0.05) is 18.8 Å². The Morgan fingerprint density at radius 1 is 1.32 bits per heavy atom. The number of alkyl halides is 3. The zero-order chi connectivity index (χ0) is 20.5. The minimum Gasteiger partial charge on any atom is -0.296 e. The van der Waals surface area contributed by atoms with Crippen molar-refractivity contribution < 1.29 is 13.2 Å². The van der Waals surface area contributed by atoms with E-state index < -0.39 is 17.4 Å². The monoisotopic (exact) mass is 384 g/mol. The van der Waals surface area contributed by atoms with Crippen LogP contribution >= 0.6 is 0 Å². The van der Waals surface area contributed by atoms with E-state index in [0.29, 0.717) is 11.1 Å². The highest BCUT2D eigenvalue weighted by atomic mass is 19.4. The van der Waals surface area contributed by atoms with Crippen LogP contribution in [0, 0.1) is 19.3 Å². The predicted octanol–water partition coefficient (Wildman–Crippen LogP) is 3.73. The van der Waals surface area contributed by atoms with E-state index in [4.69, 9.17) is 6.42 Å². The van der Waals surface area contributed by atoms with Gasteiger partial charge in [-0.3, -0.25) is 14.9 Å². The molecule has 2 heterocycles. The number of nitrogens with zero attached hydrogens (tertiary/aromatic N) is 3. The second-order valence-corrected chi connectivity index (χ2v) is 5.92. The standard InChI is InChI=1S/C20H15F3N4O/c1-4-8-14(11-24-3)15-12(2)25-18-16(13-9-6-5-7-10-13)17(20(21,22)23)26-27(18)19(15)28/h1,5-11,26H,2-3H3/b14-8+,24-11?. The Morgan fingerprint density at radius 3 is 2.57 bits per heavy atom. The summed E-state index contributed by atoms with van der Waals surface area (Å²) >= 11 is 0. The van der Waals surface area contributed by atoms with Crippen molar-refractivity contribution in [3.63, 3.8) is 0 Å². The Hall–Kier alpha value is -3.60. The molecule has 0 bridgehead atoms. The summed E-state index contributed by atoms with van der Waals surface area (Å²) < 4.78 is 41.8. The number of hydrogen-bond donors (Lipinski definition) is 1. The summed E-state index contributed by atoms with van der Waals surface area (Å²) in [7, 11) is 1.49. The quantitative estimate of drug-likeness (QED) is 0.552. The highest BCUT2D eigenvalue weighted by molar-refractivity contribution is 6.10. The highest BCUT2D eigenvalue weighted by Gasteiger charge is 2.38. The maximum Gasteiger partial charge on any atom is 0.433 e. The second-order valence-electron chi connectivity index (χ2n) is 5.92. The summed E-state index contributed by atoms with van der Waals surface area (Å²) in [4.78, 5) is 21.2. The highest BCUT2D eigenvalue weighted by Crippen LogP contribution is 2.38. The van der Waals surface area contributed by atoms with Crippen molar-refractivity contribution in [3.05, 3.63) is 63.7 Å². The lowest BCUT2D eigenvalue weighted by atomic mass is 10.0.